The SMILES string of the molecule is CCCCC/C=C\C/C=C\C/C=C\C/C=C\CCCC(=O)O[C@H](COC(=O)CCCCCCC/C=C\C=C\C(=O)CCCCC)COP(=O)(O)O[C@H]1C(O)C(O)C(O)[C@@H](OP(=O)(O)O)C1O. The van der Waals surface area contributed by atoms with Crippen molar-refractivity contribution in [2.45, 2.75) is 191 Å². The number of rotatable bonds is 38. The van der Waals surface area contributed by atoms with Crippen molar-refractivity contribution in [1.82, 2.24) is 0 Å². The maximum atomic E-state index is 13.0. The van der Waals surface area contributed by atoms with Crippen molar-refractivity contribution in [3.05, 3.63) is 72.9 Å². The second-order valence-corrected chi connectivity index (χ2v) is 18.7. The summed E-state index contributed by atoms with van der Waals surface area (Å²) in [5.41, 5.74) is 0. The molecule has 1 aliphatic rings. The molecule has 7 N–H and O–H groups in total. The summed E-state index contributed by atoms with van der Waals surface area (Å²) < 4.78 is 49.2. The van der Waals surface area contributed by atoms with Crippen molar-refractivity contribution < 1.29 is 81.7 Å². The van der Waals surface area contributed by atoms with E-state index in [1.54, 1.807) is 12.2 Å². The number of allylic oxidation sites excluding steroid dienone is 12. The number of unbranched alkanes of at least 4 members (excludes halogenated alkanes) is 11. The van der Waals surface area contributed by atoms with Crippen LogP contribution in [-0.2, 0) is 46.6 Å². The van der Waals surface area contributed by atoms with Crippen molar-refractivity contribution in [3.63, 3.8) is 0 Å². The lowest BCUT2D eigenvalue weighted by molar-refractivity contribution is -0.216. The lowest BCUT2D eigenvalue weighted by Gasteiger charge is -2.43. The summed E-state index contributed by atoms with van der Waals surface area (Å²) in [4.78, 5) is 66.0. The Morgan fingerprint density at radius 2 is 1.03 bits per heavy atom. The highest BCUT2D eigenvalue weighted by molar-refractivity contribution is 7.47. The van der Waals surface area contributed by atoms with Crippen molar-refractivity contribution >= 4 is 33.4 Å². The molecule has 17 nitrogen and oxygen atoms in total. The van der Waals surface area contributed by atoms with E-state index in [9.17, 15) is 48.8 Å². The summed E-state index contributed by atoms with van der Waals surface area (Å²) in [7, 11) is -10.7. The van der Waals surface area contributed by atoms with Crippen LogP contribution in [0, 0.1) is 0 Å². The van der Waals surface area contributed by atoms with Gasteiger partial charge in [0.1, 0.15) is 43.2 Å². The number of phosphoric acid groups is 2. The first kappa shape index (κ1) is 61.1. The van der Waals surface area contributed by atoms with Gasteiger partial charge >= 0.3 is 27.6 Å². The molecule has 0 aromatic rings. The van der Waals surface area contributed by atoms with Crippen LogP contribution in [0.3, 0.4) is 0 Å². The monoisotopic (exact) mass is 976 g/mol. The maximum Gasteiger partial charge on any atom is 0.472 e. The second kappa shape index (κ2) is 37.1. The first-order valence-electron chi connectivity index (χ1n) is 23.4. The lowest BCUT2D eigenvalue weighted by atomic mass is 9.85. The van der Waals surface area contributed by atoms with Gasteiger partial charge in [-0.2, -0.15) is 0 Å². The summed E-state index contributed by atoms with van der Waals surface area (Å²) in [6, 6.07) is 0. The summed E-state index contributed by atoms with van der Waals surface area (Å²) in [5, 5.41) is 41.2. The topological polar surface area (TPSA) is 273 Å². The van der Waals surface area contributed by atoms with Crippen molar-refractivity contribution in [2.75, 3.05) is 13.2 Å². The summed E-state index contributed by atoms with van der Waals surface area (Å²) in [6.07, 6.45) is 25.6. The van der Waals surface area contributed by atoms with Gasteiger partial charge in [0.15, 0.2) is 11.9 Å². The molecule has 5 unspecified atom stereocenters. The van der Waals surface area contributed by atoms with Gasteiger partial charge in [0.05, 0.1) is 6.61 Å². The zero-order chi connectivity index (χ0) is 49.1. The first-order chi connectivity index (χ1) is 31.5. The highest BCUT2D eigenvalue weighted by atomic mass is 31.2. The minimum atomic E-state index is -5.38. The molecule has 66 heavy (non-hydrogen) atoms. The molecule has 0 bridgehead atoms. The summed E-state index contributed by atoms with van der Waals surface area (Å²) >= 11 is 0. The molecule has 8 atom stereocenters. The van der Waals surface area contributed by atoms with Crippen LogP contribution in [0.1, 0.15) is 149 Å². The predicted molar refractivity (Wildman–Crippen MR) is 251 cm³/mol. The molecule has 0 heterocycles. The van der Waals surface area contributed by atoms with E-state index in [1.165, 1.54) is 19.3 Å². The Kier molecular flexibility index (Phi) is 34.3. The van der Waals surface area contributed by atoms with Gasteiger partial charge in [-0.25, -0.2) is 9.13 Å². The number of hydrogen-bond acceptors (Lipinski definition) is 14. The van der Waals surface area contributed by atoms with Crippen molar-refractivity contribution in [2.24, 2.45) is 0 Å². The smallest absolute Gasteiger partial charge is 0.462 e. The summed E-state index contributed by atoms with van der Waals surface area (Å²) in [6.45, 7) is 2.84. The standard InChI is InChI=1S/C47H78O17P2/c1-3-5-7-8-9-10-11-12-13-14-15-16-17-20-24-27-31-35-41(50)62-39(36-60-40(49)34-30-26-23-21-18-19-22-25-29-33-38(48)32-28-6-4-2)37-61-66(58,59)64-47-44(53)42(51)43(52)46(45(47)54)63-65(55,56)57/h9-10,12-13,15-16,20,22,24-25,29,33,39,42-47,51-54H,3-8,11,14,17-19,21,23,26-28,30-32,34-37H2,1-2H3,(H,58,59)(H2,55,56,57)/b10-9-,13-12-,16-15-,24-20-,25-22-,33-29+/t39-,42?,43?,44?,45?,46-,47+/m1/s1. The van der Waals surface area contributed by atoms with Gasteiger partial charge in [-0.15, -0.1) is 0 Å². The fourth-order valence-corrected chi connectivity index (χ4v) is 8.07. The van der Waals surface area contributed by atoms with Gasteiger partial charge < -0.3 is 44.6 Å². The fourth-order valence-electron chi connectivity index (χ4n) is 6.53. The van der Waals surface area contributed by atoms with Crippen LogP contribution in [0.5, 0.6) is 0 Å². The van der Waals surface area contributed by atoms with Crippen LogP contribution in [0.2, 0.25) is 0 Å². The van der Waals surface area contributed by atoms with Gasteiger partial charge in [0, 0.05) is 19.3 Å². The predicted octanol–water partition coefficient (Wildman–Crippen LogP) is 8.02. The van der Waals surface area contributed by atoms with Gasteiger partial charge in [-0.3, -0.25) is 28.0 Å². The molecule has 19 heteroatoms. The average molecular weight is 977 g/mol. The van der Waals surface area contributed by atoms with Gasteiger partial charge in [-0.1, -0.05) is 126 Å². The Labute approximate surface area is 391 Å². The Morgan fingerprint density at radius 1 is 0.530 bits per heavy atom. The van der Waals surface area contributed by atoms with E-state index in [-0.39, 0.29) is 18.6 Å². The van der Waals surface area contributed by atoms with Crippen LogP contribution < -0.4 is 0 Å². The minimum absolute atomic E-state index is 0.0529. The van der Waals surface area contributed by atoms with Crippen molar-refractivity contribution in [1.29, 1.82) is 0 Å². The second-order valence-electron chi connectivity index (χ2n) is 16.2. The summed E-state index contributed by atoms with van der Waals surface area (Å²) in [5.74, 6) is -1.21. The Bertz CT molecular complexity index is 1620. The molecule has 0 aliphatic heterocycles. The number of hydrogen-bond donors (Lipinski definition) is 7. The first-order valence-corrected chi connectivity index (χ1v) is 26.5. The molecule has 1 fully saturated rings. The quantitative estimate of drug-likeness (QED) is 0.00770. The van der Waals surface area contributed by atoms with Gasteiger partial charge in [-0.05, 0) is 76.7 Å². The Morgan fingerprint density at radius 3 is 1.65 bits per heavy atom. The number of ether oxygens (including phenoxy) is 2. The Hall–Kier alpha value is -2.89. The molecule has 0 saturated heterocycles. The van der Waals surface area contributed by atoms with E-state index in [4.69, 9.17) is 28.3 Å². The molecule has 1 aliphatic carbocycles. The van der Waals surface area contributed by atoms with Crippen LogP contribution in [0.4, 0.5) is 0 Å². The molecular weight excluding hydrogens is 898 g/mol. The molecule has 0 aromatic heterocycles. The number of aliphatic hydroxyl groups is 4. The van der Waals surface area contributed by atoms with Crippen molar-refractivity contribution in [3.8, 4) is 0 Å². The molecule has 0 amide bonds. The van der Waals surface area contributed by atoms with E-state index in [1.807, 2.05) is 30.4 Å². The fraction of sp³-hybridized carbons (Fsp3) is 0.681. The lowest BCUT2D eigenvalue weighted by Crippen LogP contribution is -2.64. The van der Waals surface area contributed by atoms with Crippen LogP contribution in [0.25, 0.3) is 0 Å². The zero-order valence-corrected chi connectivity index (χ0v) is 40.6. The van der Waals surface area contributed by atoms with Crippen LogP contribution >= 0.6 is 15.6 Å². The molecule has 1 saturated carbocycles. The third-order valence-corrected chi connectivity index (χ3v) is 11.7. The molecule has 0 aromatic carbocycles. The van der Waals surface area contributed by atoms with E-state index in [2.05, 4.69) is 48.8 Å². The largest absolute Gasteiger partial charge is 0.472 e. The Balaban J connectivity index is 2.67. The van der Waals surface area contributed by atoms with E-state index in [0.29, 0.717) is 25.7 Å². The molecule has 1 rings (SSSR count). The maximum absolute atomic E-state index is 13.0. The average Bonchev–Trinajstić information content (AvgIpc) is 3.26. The number of aliphatic hydroxyl groups excluding tert-OH is 4. The zero-order valence-electron chi connectivity index (χ0n) is 38.8. The highest BCUT2D eigenvalue weighted by Gasteiger charge is 2.54. The van der Waals surface area contributed by atoms with Gasteiger partial charge in [0.2, 0.25) is 0 Å². The number of phosphoric ester groups is 2. The molecule has 0 spiro atoms. The molecule has 0 radical (unpaired) electrons. The number of esters is 2. The van der Waals surface area contributed by atoms with Gasteiger partial charge in [0.25, 0.3) is 0 Å². The third kappa shape index (κ3) is 31.2. The number of carbonyl (C=O) groups excluding carboxylic acids is 3. The normalized spacial score (nSPS) is 22.1. The van der Waals surface area contributed by atoms with E-state index >= 15 is 0 Å². The number of carbonyl (C=O) groups is 3. The minimum Gasteiger partial charge on any atom is -0.462 e. The molecular formula is C47H78O17P2. The highest BCUT2D eigenvalue weighted by Crippen LogP contribution is 2.49. The molecule has 378 valence electrons. The number of ketones is 1. The van der Waals surface area contributed by atoms with E-state index in [0.717, 1.165) is 77.0 Å². The third-order valence-electron chi connectivity index (χ3n) is 10.2. The van der Waals surface area contributed by atoms with E-state index < -0.39 is 83.5 Å². The van der Waals surface area contributed by atoms with Crippen LogP contribution in [0.15, 0.2) is 72.9 Å². The van der Waals surface area contributed by atoms with Crippen LogP contribution in [-0.4, -0.2) is 109 Å².